The number of rotatable bonds is 1. The van der Waals surface area contributed by atoms with E-state index >= 15 is 0 Å². The summed E-state index contributed by atoms with van der Waals surface area (Å²) in [5.41, 5.74) is 0.143. The molecule has 0 radical (unpaired) electrons. The van der Waals surface area contributed by atoms with Crippen LogP contribution in [0.5, 0.6) is 11.5 Å². The van der Waals surface area contributed by atoms with Crippen molar-refractivity contribution in [1.29, 1.82) is 0 Å². The Morgan fingerprint density at radius 1 is 1.00 bits per heavy atom. The number of aromatic nitrogens is 1. The first-order valence-electron chi connectivity index (χ1n) is 10.3. The molecule has 2 aromatic carbocycles. The van der Waals surface area contributed by atoms with Crippen LogP contribution < -0.4 is 15.2 Å². The summed E-state index contributed by atoms with van der Waals surface area (Å²) in [7, 11) is 0. The molecular formula is C24H19F2N3O4. The van der Waals surface area contributed by atoms with Crippen LogP contribution in [0.4, 0.5) is 8.78 Å². The summed E-state index contributed by atoms with van der Waals surface area (Å²) >= 11 is 0. The zero-order chi connectivity index (χ0) is 23.1. The standard InChI is InChI=1S/C24H19F2N3O4/c25-17-9-8-16-20(15-6-2-1-3-7-15)29-14-27(11-4-5-13-33-23(16)19(17)26)24(32)21-22(31)18(30)10-12-28(21)29/h1-10,12,20,31H,11,13-14H2/b5-4-/t20-/m1/s1. The summed E-state index contributed by atoms with van der Waals surface area (Å²) in [4.78, 5) is 26.7. The minimum absolute atomic E-state index is 0.0348. The molecular weight excluding hydrogens is 432 g/mol. The van der Waals surface area contributed by atoms with Crippen LogP contribution in [0.25, 0.3) is 0 Å². The molecule has 0 saturated carbocycles. The summed E-state index contributed by atoms with van der Waals surface area (Å²) < 4.78 is 36.1. The van der Waals surface area contributed by atoms with Gasteiger partial charge in [-0.1, -0.05) is 36.4 Å². The molecule has 3 aromatic rings. The van der Waals surface area contributed by atoms with Gasteiger partial charge in [-0.25, -0.2) is 4.39 Å². The smallest absolute Gasteiger partial charge is 0.278 e. The number of hydrogen-bond acceptors (Lipinski definition) is 5. The van der Waals surface area contributed by atoms with Crippen molar-refractivity contribution in [1.82, 2.24) is 9.58 Å². The fourth-order valence-electron chi connectivity index (χ4n) is 4.19. The molecule has 168 valence electrons. The number of carbonyl (C=O) groups excluding carboxylic acids is 1. The lowest BCUT2D eigenvalue weighted by molar-refractivity contribution is 0.0701. The van der Waals surface area contributed by atoms with E-state index in [9.17, 15) is 23.5 Å². The van der Waals surface area contributed by atoms with Crippen LogP contribution in [0.2, 0.25) is 0 Å². The van der Waals surface area contributed by atoms with Gasteiger partial charge in [-0.15, -0.1) is 0 Å². The molecule has 0 saturated heterocycles. The van der Waals surface area contributed by atoms with Gasteiger partial charge in [0.1, 0.15) is 19.3 Å². The number of ether oxygens (including phenoxy) is 1. The monoisotopic (exact) mass is 451 g/mol. The van der Waals surface area contributed by atoms with Crippen LogP contribution in [0.1, 0.15) is 27.7 Å². The van der Waals surface area contributed by atoms with Gasteiger partial charge in [-0.2, -0.15) is 4.39 Å². The number of fused-ring (bicyclic) bond motifs is 5. The van der Waals surface area contributed by atoms with Crippen molar-refractivity contribution in [3.63, 3.8) is 0 Å². The second-order valence-electron chi connectivity index (χ2n) is 7.71. The van der Waals surface area contributed by atoms with Gasteiger partial charge >= 0.3 is 0 Å². The molecule has 1 atom stereocenters. The molecule has 1 aromatic heterocycles. The Balaban J connectivity index is 1.83. The molecule has 3 heterocycles. The van der Waals surface area contributed by atoms with Gasteiger partial charge < -0.3 is 14.7 Å². The molecule has 9 heteroatoms. The Morgan fingerprint density at radius 3 is 2.58 bits per heavy atom. The minimum Gasteiger partial charge on any atom is -0.502 e. The maximum Gasteiger partial charge on any atom is 0.278 e. The SMILES string of the molecule is O=C1c2c(O)c(=O)ccn2N2CN1C/C=C\COc1c(ccc(F)c1F)[C@H]2c1ccccc1. The summed E-state index contributed by atoms with van der Waals surface area (Å²) in [6.45, 7) is 0.180. The predicted molar refractivity (Wildman–Crippen MR) is 116 cm³/mol. The van der Waals surface area contributed by atoms with Crippen LogP contribution in [-0.2, 0) is 0 Å². The maximum atomic E-state index is 14.9. The van der Waals surface area contributed by atoms with E-state index in [2.05, 4.69) is 0 Å². The Kier molecular flexibility index (Phi) is 5.08. The Bertz CT molecular complexity index is 1320. The van der Waals surface area contributed by atoms with Gasteiger partial charge in [0.25, 0.3) is 5.91 Å². The highest BCUT2D eigenvalue weighted by atomic mass is 19.2. The lowest BCUT2D eigenvalue weighted by atomic mass is 9.96. The van der Waals surface area contributed by atoms with Crippen molar-refractivity contribution in [2.45, 2.75) is 6.04 Å². The minimum atomic E-state index is -1.12. The van der Waals surface area contributed by atoms with Crippen molar-refractivity contribution in [2.24, 2.45) is 0 Å². The molecule has 33 heavy (non-hydrogen) atoms. The van der Waals surface area contributed by atoms with Crippen LogP contribution in [0, 0.1) is 11.6 Å². The number of carbonyl (C=O) groups is 1. The first kappa shape index (κ1) is 20.7. The van der Waals surface area contributed by atoms with Crippen molar-refractivity contribution < 1.29 is 23.4 Å². The van der Waals surface area contributed by atoms with Gasteiger partial charge in [0, 0.05) is 24.4 Å². The second-order valence-corrected chi connectivity index (χ2v) is 7.71. The van der Waals surface area contributed by atoms with E-state index in [1.165, 1.54) is 21.8 Å². The molecule has 0 unspecified atom stereocenters. The highest BCUT2D eigenvalue weighted by Crippen LogP contribution is 2.38. The summed E-state index contributed by atoms with van der Waals surface area (Å²) in [5, 5.41) is 12.2. The third kappa shape index (κ3) is 3.42. The zero-order valence-corrected chi connectivity index (χ0v) is 17.3. The van der Waals surface area contributed by atoms with E-state index in [0.29, 0.717) is 11.1 Å². The van der Waals surface area contributed by atoms with E-state index in [4.69, 9.17) is 4.74 Å². The van der Waals surface area contributed by atoms with E-state index in [1.54, 1.807) is 29.3 Å². The van der Waals surface area contributed by atoms with Gasteiger partial charge in [0.15, 0.2) is 23.0 Å². The van der Waals surface area contributed by atoms with Gasteiger partial charge in [0.05, 0.1) is 0 Å². The van der Waals surface area contributed by atoms with Gasteiger partial charge in [-0.05, 0) is 23.8 Å². The first-order valence-corrected chi connectivity index (χ1v) is 10.3. The van der Waals surface area contributed by atoms with Crippen LogP contribution in [0.3, 0.4) is 0 Å². The zero-order valence-electron chi connectivity index (χ0n) is 17.3. The quantitative estimate of drug-likeness (QED) is 0.576. The molecule has 2 aliphatic heterocycles. The molecule has 0 aliphatic carbocycles. The van der Waals surface area contributed by atoms with Gasteiger partial charge in [0.2, 0.25) is 11.2 Å². The van der Waals surface area contributed by atoms with Crippen LogP contribution in [0.15, 0.2) is 71.7 Å². The maximum absolute atomic E-state index is 14.9. The van der Waals surface area contributed by atoms with E-state index in [1.807, 2.05) is 18.2 Å². The Morgan fingerprint density at radius 2 is 1.79 bits per heavy atom. The normalized spacial score (nSPS) is 18.6. The number of hydrogen-bond donors (Lipinski definition) is 1. The largest absolute Gasteiger partial charge is 0.502 e. The molecule has 5 rings (SSSR count). The van der Waals surface area contributed by atoms with Crippen molar-refractivity contribution in [2.75, 3.05) is 24.8 Å². The molecule has 0 fully saturated rings. The first-order chi connectivity index (χ1) is 16.0. The van der Waals surface area contributed by atoms with E-state index < -0.39 is 34.8 Å². The number of benzene rings is 2. The fourth-order valence-corrected chi connectivity index (χ4v) is 4.19. The van der Waals surface area contributed by atoms with Crippen LogP contribution in [-0.4, -0.2) is 40.4 Å². The number of aromatic hydroxyl groups is 1. The fraction of sp³-hybridized carbons (Fsp3) is 0.167. The van der Waals surface area contributed by atoms with E-state index in [0.717, 1.165) is 12.1 Å². The number of pyridine rings is 1. The molecule has 7 nitrogen and oxygen atoms in total. The number of halogens is 2. The third-order valence-corrected chi connectivity index (χ3v) is 5.74. The average Bonchev–Trinajstić information content (AvgIpc) is 2.85. The Hall–Kier alpha value is -4.14. The second kappa shape index (κ2) is 8.09. The van der Waals surface area contributed by atoms with Crippen LogP contribution >= 0.6 is 0 Å². The molecule has 0 spiro atoms. The van der Waals surface area contributed by atoms with E-state index in [-0.39, 0.29) is 31.3 Å². The van der Waals surface area contributed by atoms with Gasteiger partial charge in [-0.3, -0.25) is 19.3 Å². The lowest BCUT2D eigenvalue weighted by Gasteiger charge is -2.43. The average molecular weight is 451 g/mol. The summed E-state index contributed by atoms with van der Waals surface area (Å²) in [6, 6.07) is 11.9. The topological polar surface area (TPSA) is 75.0 Å². The number of amides is 1. The van der Waals surface area contributed by atoms with Crippen molar-refractivity contribution in [3.05, 3.63) is 106 Å². The Labute approximate surface area is 187 Å². The molecule has 1 amide bonds. The molecule has 2 bridgehead atoms. The highest BCUT2D eigenvalue weighted by molar-refractivity contribution is 5.96. The van der Waals surface area contributed by atoms with Crippen molar-refractivity contribution in [3.8, 4) is 11.5 Å². The predicted octanol–water partition coefficient (Wildman–Crippen LogP) is 2.92. The summed E-state index contributed by atoms with van der Waals surface area (Å²) in [6.07, 6.45) is 4.64. The molecule has 2 aliphatic rings. The number of nitrogens with zero attached hydrogens (tertiary/aromatic N) is 3. The lowest BCUT2D eigenvalue weighted by Crippen LogP contribution is -2.55. The summed E-state index contributed by atoms with van der Waals surface area (Å²) in [5.74, 6) is -3.61. The third-order valence-electron chi connectivity index (χ3n) is 5.74. The van der Waals surface area contributed by atoms with Crippen molar-refractivity contribution >= 4 is 5.91 Å². The highest BCUT2D eigenvalue weighted by Gasteiger charge is 2.38. The molecule has 1 N–H and O–H groups in total.